The van der Waals surface area contributed by atoms with Crippen LogP contribution in [0, 0.1) is 6.85 Å². The number of anilines is 2. The fourth-order valence-corrected chi connectivity index (χ4v) is 4.42. The lowest BCUT2D eigenvalue weighted by atomic mass is 9.83. The Bertz CT molecular complexity index is 1270. The van der Waals surface area contributed by atoms with Crippen LogP contribution in [0.15, 0.2) is 65.1 Å². The third-order valence-electron chi connectivity index (χ3n) is 5.96. The van der Waals surface area contributed by atoms with Crippen LogP contribution in [0.25, 0.3) is 21.9 Å². The first kappa shape index (κ1) is 13.4. The molecule has 5 rings (SSSR count). The maximum Gasteiger partial charge on any atom is 0.159 e. The minimum absolute atomic E-state index is 0.328. The molecule has 142 valence electrons. The molecule has 1 aliphatic carbocycles. The van der Waals surface area contributed by atoms with E-state index in [2.05, 4.69) is 18.2 Å². The Morgan fingerprint density at radius 2 is 1.61 bits per heavy atom. The van der Waals surface area contributed by atoms with Crippen molar-refractivity contribution in [3.63, 3.8) is 0 Å². The van der Waals surface area contributed by atoms with Gasteiger partial charge in [0.2, 0.25) is 0 Å². The van der Waals surface area contributed by atoms with Crippen molar-refractivity contribution in [1.29, 1.82) is 0 Å². The predicted octanol–water partition coefficient (Wildman–Crippen LogP) is 7.71. The Kier molecular flexibility index (Phi) is 3.37. The number of hydrogen-bond donors (Lipinski definition) is 0. The van der Waals surface area contributed by atoms with Crippen molar-refractivity contribution in [1.82, 2.24) is 0 Å². The van der Waals surface area contributed by atoms with Gasteiger partial charge in [0.15, 0.2) is 5.58 Å². The summed E-state index contributed by atoms with van der Waals surface area (Å²) in [7, 11) is 1.96. The zero-order valence-corrected chi connectivity index (χ0v) is 16.2. The molecule has 0 bridgehead atoms. The first-order chi connectivity index (χ1) is 15.3. The lowest BCUT2D eigenvalue weighted by Gasteiger charge is -2.22. The van der Waals surface area contributed by atoms with Gasteiger partial charge in [0.1, 0.15) is 5.58 Å². The molecular formula is C26H27NO. The van der Waals surface area contributed by atoms with E-state index in [4.69, 9.17) is 9.90 Å². The summed E-state index contributed by atoms with van der Waals surface area (Å²) in [5, 5.41) is 2.08. The fourth-order valence-electron chi connectivity index (χ4n) is 4.42. The molecule has 1 fully saturated rings. The van der Waals surface area contributed by atoms with Gasteiger partial charge in [0, 0.05) is 29.0 Å². The van der Waals surface area contributed by atoms with E-state index in [1.807, 2.05) is 42.3 Å². The molecule has 0 atom stereocenters. The summed E-state index contributed by atoms with van der Waals surface area (Å²) in [6.07, 6.45) is 5.10. The highest BCUT2D eigenvalue weighted by Gasteiger charge is 2.22. The van der Waals surface area contributed by atoms with Gasteiger partial charge in [-0.25, -0.2) is 0 Å². The van der Waals surface area contributed by atoms with Crippen LogP contribution in [0.3, 0.4) is 0 Å². The molecule has 0 unspecified atom stereocenters. The molecule has 3 aromatic carbocycles. The molecular weight excluding hydrogens is 342 g/mol. The Hall–Kier alpha value is -2.74. The Labute approximate surface area is 172 Å². The second kappa shape index (κ2) is 7.01. The fraction of sp³-hybridized carbons (Fsp3) is 0.308. The average molecular weight is 374 g/mol. The summed E-state index contributed by atoms with van der Waals surface area (Å²) >= 11 is 0. The number of aryl methyl sites for hydroxylation is 1. The topological polar surface area (TPSA) is 16.4 Å². The van der Waals surface area contributed by atoms with Gasteiger partial charge < -0.3 is 9.32 Å². The molecule has 0 amide bonds. The van der Waals surface area contributed by atoms with Gasteiger partial charge in [-0.3, -0.25) is 0 Å². The molecule has 0 N–H and O–H groups in total. The highest BCUT2D eigenvalue weighted by atomic mass is 16.3. The molecule has 0 saturated heterocycles. The number of benzene rings is 3. The summed E-state index contributed by atoms with van der Waals surface area (Å²) in [6, 6.07) is 19.2. The maximum absolute atomic E-state index is 9.14. The largest absolute Gasteiger partial charge is 0.454 e. The second-order valence-corrected chi connectivity index (χ2v) is 7.71. The van der Waals surface area contributed by atoms with Crippen LogP contribution in [0.4, 0.5) is 11.4 Å². The van der Waals surface area contributed by atoms with Gasteiger partial charge >= 0.3 is 0 Å². The van der Waals surface area contributed by atoms with Crippen LogP contribution in [0.1, 0.15) is 54.6 Å². The van der Waals surface area contributed by atoms with E-state index >= 15 is 0 Å². The molecule has 1 aromatic heterocycles. The average Bonchev–Trinajstić information content (AvgIpc) is 3.17. The zero-order valence-electron chi connectivity index (χ0n) is 20.2. The molecule has 2 heteroatoms. The minimum atomic E-state index is -2.11. The van der Waals surface area contributed by atoms with Crippen LogP contribution < -0.4 is 4.90 Å². The summed E-state index contributed by atoms with van der Waals surface area (Å²) < 4.78 is 38.4. The van der Waals surface area contributed by atoms with Gasteiger partial charge in [-0.2, -0.15) is 0 Å². The minimum Gasteiger partial charge on any atom is -0.454 e. The Morgan fingerprint density at radius 1 is 0.893 bits per heavy atom. The lowest BCUT2D eigenvalue weighted by Crippen LogP contribution is -2.09. The van der Waals surface area contributed by atoms with E-state index in [-0.39, 0.29) is 0 Å². The first-order valence-corrected chi connectivity index (χ1v) is 10.1. The second-order valence-electron chi connectivity index (χ2n) is 7.71. The molecule has 4 aromatic rings. The smallest absolute Gasteiger partial charge is 0.159 e. The molecule has 1 saturated carbocycles. The number of hydrogen-bond acceptors (Lipinski definition) is 2. The van der Waals surface area contributed by atoms with Crippen LogP contribution in [-0.2, 0) is 0 Å². The zero-order chi connectivity index (χ0) is 22.5. The van der Waals surface area contributed by atoms with Crippen molar-refractivity contribution in [3.05, 3.63) is 71.8 Å². The van der Waals surface area contributed by atoms with Crippen LogP contribution >= 0.6 is 0 Å². The van der Waals surface area contributed by atoms with Crippen molar-refractivity contribution >= 4 is 33.3 Å². The summed E-state index contributed by atoms with van der Waals surface area (Å²) in [5.74, 6) is -0.594. The number of nitrogens with zero attached hydrogens (tertiary/aromatic N) is 1. The third kappa shape index (κ3) is 2.88. The number of para-hydroxylation sites is 2. The molecule has 0 spiro atoms. The quantitative estimate of drug-likeness (QED) is 0.365. The van der Waals surface area contributed by atoms with Crippen molar-refractivity contribution in [3.8, 4) is 0 Å². The van der Waals surface area contributed by atoms with Crippen LogP contribution in [0.2, 0.25) is 0 Å². The summed E-state index contributed by atoms with van der Waals surface area (Å²) in [6.45, 7) is -2.11. The number of fused-ring (bicyclic) bond motifs is 3. The molecule has 0 radical (unpaired) electrons. The molecule has 1 aliphatic rings. The number of furan rings is 1. The normalized spacial score (nSPS) is 19.0. The van der Waals surface area contributed by atoms with Crippen molar-refractivity contribution < 1.29 is 9.90 Å². The van der Waals surface area contributed by atoms with Gasteiger partial charge in [0.25, 0.3) is 0 Å². The molecule has 1 heterocycles. The van der Waals surface area contributed by atoms with Crippen LogP contribution in [-0.4, -0.2) is 7.05 Å². The maximum atomic E-state index is 9.14. The first-order valence-electron chi connectivity index (χ1n) is 12.1. The molecule has 2 nitrogen and oxygen atoms in total. The lowest BCUT2D eigenvalue weighted by molar-refractivity contribution is 0.442. The van der Waals surface area contributed by atoms with E-state index in [9.17, 15) is 0 Å². The monoisotopic (exact) mass is 373 g/mol. The Balaban J connectivity index is 1.62. The van der Waals surface area contributed by atoms with Crippen molar-refractivity contribution in [2.75, 3.05) is 11.9 Å². The van der Waals surface area contributed by atoms with Gasteiger partial charge in [-0.05, 0) is 49.4 Å². The highest BCUT2D eigenvalue weighted by Crippen LogP contribution is 2.42. The standard InChI is InChI=1S/C26H27NO/c1-18-14-16-20(17-15-18)27(2)24-13-7-12-23-22-11-6-10-21(25(22)28-26(23)24)19-8-4-3-5-9-19/h6-7,10-17,19H,3-5,8-9H2,1-2H3/i1D3,19D. The van der Waals surface area contributed by atoms with Crippen molar-refractivity contribution in [2.24, 2.45) is 0 Å². The highest BCUT2D eigenvalue weighted by molar-refractivity contribution is 6.10. The van der Waals surface area contributed by atoms with E-state index in [0.717, 1.165) is 64.6 Å². The predicted molar refractivity (Wildman–Crippen MR) is 119 cm³/mol. The van der Waals surface area contributed by atoms with Gasteiger partial charge in [0.05, 0.1) is 5.69 Å². The Morgan fingerprint density at radius 3 is 2.36 bits per heavy atom. The van der Waals surface area contributed by atoms with Gasteiger partial charge in [-0.15, -0.1) is 0 Å². The SMILES string of the molecule is [2H]C([2H])([2H])c1ccc(N(C)c2cccc3c2oc2c(C4([2H])CCCCC4)cccc23)cc1. The van der Waals surface area contributed by atoms with Crippen LogP contribution in [0.5, 0.6) is 0 Å². The van der Waals surface area contributed by atoms with E-state index in [1.165, 1.54) is 6.42 Å². The molecule has 28 heavy (non-hydrogen) atoms. The van der Waals surface area contributed by atoms with Gasteiger partial charge in [-0.1, -0.05) is 67.3 Å². The summed E-state index contributed by atoms with van der Waals surface area (Å²) in [5.41, 5.74) is 4.72. The third-order valence-corrected chi connectivity index (χ3v) is 5.96. The van der Waals surface area contributed by atoms with E-state index < -0.39 is 12.7 Å². The molecule has 0 aliphatic heterocycles. The number of rotatable bonds is 3. The van der Waals surface area contributed by atoms with E-state index in [0.29, 0.717) is 5.56 Å². The summed E-state index contributed by atoms with van der Waals surface area (Å²) in [4.78, 5) is 2.02. The van der Waals surface area contributed by atoms with E-state index in [1.54, 1.807) is 12.1 Å². The van der Waals surface area contributed by atoms with Crippen molar-refractivity contribution in [2.45, 2.75) is 44.8 Å².